The number of hydrogen-bond donors (Lipinski definition) is 6. The van der Waals surface area contributed by atoms with Crippen LogP contribution >= 0.6 is 0 Å². The van der Waals surface area contributed by atoms with Gasteiger partial charge in [-0.05, 0) is 13.0 Å². The van der Waals surface area contributed by atoms with Crippen molar-refractivity contribution >= 4 is 11.6 Å². The van der Waals surface area contributed by atoms with E-state index in [9.17, 15) is 40.2 Å². The number of hydrogen-bond acceptors (Lipinski definition) is 11. The highest BCUT2D eigenvalue weighted by Crippen LogP contribution is 2.48. The Bertz CT molecular complexity index is 1140. The molecule has 176 valence electrons. The van der Waals surface area contributed by atoms with E-state index in [1.807, 2.05) is 0 Å². The van der Waals surface area contributed by atoms with E-state index in [1.54, 1.807) is 0 Å². The predicted octanol–water partition coefficient (Wildman–Crippen LogP) is -0.631. The third-order valence-corrected chi connectivity index (χ3v) is 5.89. The summed E-state index contributed by atoms with van der Waals surface area (Å²) in [6.45, 7) is 0.584. The Balaban J connectivity index is 1.82. The first-order valence-electron chi connectivity index (χ1n) is 9.96. The van der Waals surface area contributed by atoms with E-state index < -0.39 is 77.3 Å². The Morgan fingerprint density at radius 1 is 0.939 bits per heavy atom. The lowest BCUT2D eigenvalue weighted by molar-refractivity contribution is -0.277. The van der Waals surface area contributed by atoms with Crippen molar-refractivity contribution in [2.24, 2.45) is 0 Å². The van der Waals surface area contributed by atoms with Gasteiger partial charge in [0, 0.05) is 11.1 Å². The molecular formula is C22H22O11. The van der Waals surface area contributed by atoms with Gasteiger partial charge in [0.15, 0.2) is 17.3 Å². The molecule has 2 aromatic rings. The smallest absolute Gasteiger partial charge is 0.229 e. The van der Waals surface area contributed by atoms with Crippen LogP contribution in [0.3, 0.4) is 0 Å². The molecule has 2 aromatic carbocycles. The Kier molecular flexibility index (Phi) is 5.76. The zero-order valence-electron chi connectivity index (χ0n) is 17.6. The number of methoxy groups -OCH3 is 1. The molecule has 0 amide bonds. The number of phenolic OH excluding ortho intramolecular Hbond substituents is 2. The Hall–Kier alpha value is -3.22. The van der Waals surface area contributed by atoms with E-state index in [0.717, 1.165) is 0 Å². The molecule has 0 saturated carbocycles. The van der Waals surface area contributed by atoms with Crippen LogP contribution in [-0.2, 0) is 4.74 Å². The average Bonchev–Trinajstić information content (AvgIpc) is 2.81. The second-order valence-corrected chi connectivity index (χ2v) is 7.76. The summed E-state index contributed by atoms with van der Waals surface area (Å²) in [6.07, 6.45) is -8.17. The molecule has 33 heavy (non-hydrogen) atoms. The lowest BCUT2D eigenvalue weighted by Gasteiger charge is -2.39. The number of benzene rings is 2. The van der Waals surface area contributed by atoms with E-state index in [0.29, 0.717) is 0 Å². The molecule has 5 unspecified atom stereocenters. The van der Waals surface area contributed by atoms with Crippen LogP contribution in [0, 0.1) is 6.92 Å². The quantitative estimate of drug-likeness (QED) is 0.271. The van der Waals surface area contributed by atoms with Gasteiger partial charge >= 0.3 is 0 Å². The Labute approximate surface area is 187 Å². The SMILES string of the molecule is COc1cccc2c1C(=O)c1c(O)c(C)c(OC3OC(CO)C(O)C(O)C3O)c(O)c1C2=O. The number of fused-ring (bicyclic) bond motifs is 2. The van der Waals surface area contributed by atoms with E-state index in [4.69, 9.17) is 14.2 Å². The molecule has 1 saturated heterocycles. The van der Waals surface area contributed by atoms with Crippen LogP contribution in [0.1, 0.15) is 37.4 Å². The third-order valence-electron chi connectivity index (χ3n) is 5.89. The van der Waals surface area contributed by atoms with Gasteiger partial charge in [0.05, 0.1) is 30.4 Å². The van der Waals surface area contributed by atoms with Crippen LogP contribution in [0.15, 0.2) is 18.2 Å². The number of aliphatic hydroxyl groups excluding tert-OH is 4. The van der Waals surface area contributed by atoms with Gasteiger partial charge in [-0.3, -0.25) is 9.59 Å². The highest BCUT2D eigenvalue weighted by molar-refractivity contribution is 6.31. The summed E-state index contributed by atoms with van der Waals surface area (Å²) in [4.78, 5) is 26.4. The number of carbonyl (C=O) groups excluding carboxylic acids is 2. The normalized spacial score (nSPS) is 26.5. The molecule has 6 N–H and O–H groups in total. The lowest BCUT2D eigenvalue weighted by atomic mass is 9.81. The summed E-state index contributed by atoms with van der Waals surface area (Å²) < 4.78 is 15.9. The Morgan fingerprint density at radius 2 is 1.61 bits per heavy atom. The second-order valence-electron chi connectivity index (χ2n) is 7.76. The second kappa shape index (κ2) is 8.28. The van der Waals surface area contributed by atoms with Gasteiger partial charge in [0.1, 0.15) is 35.9 Å². The van der Waals surface area contributed by atoms with Gasteiger partial charge < -0.3 is 44.8 Å². The number of aliphatic hydroxyl groups is 4. The number of rotatable bonds is 4. The summed E-state index contributed by atoms with van der Waals surface area (Å²) in [5, 5.41) is 61.1. The topological polar surface area (TPSA) is 183 Å². The number of phenols is 2. The van der Waals surface area contributed by atoms with Gasteiger partial charge in [-0.15, -0.1) is 0 Å². The summed E-state index contributed by atoms with van der Waals surface area (Å²) in [7, 11) is 1.32. The van der Waals surface area contributed by atoms with Crippen LogP contribution in [0.2, 0.25) is 0 Å². The number of aromatic hydroxyl groups is 2. The van der Waals surface area contributed by atoms with Gasteiger partial charge in [-0.1, -0.05) is 12.1 Å². The molecule has 4 rings (SSSR count). The summed E-state index contributed by atoms with van der Waals surface area (Å²) in [6, 6.07) is 4.34. The molecule has 0 radical (unpaired) electrons. The number of ether oxygens (including phenoxy) is 3. The standard InChI is InChI=1S/C22H22O11/c1-7-14(24)12-13(15(25)8-4-3-5-9(31-2)11(8)17(12)27)18(28)21(7)33-22-20(30)19(29)16(26)10(6-23)32-22/h3-5,10,16,19-20,22-24,26,28-30H,6H2,1-2H3. The molecule has 1 aliphatic heterocycles. The van der Waals surface area contributed by atoms with E-state index in [1.165, 1.54) is 32.2 Å². The van der Waals surface area contributed by atoms with Crippen LogP contribution in [0.25, 0.3) is 0 Å². The predicted molar refractivity (Wildman–Crippen MR) is 109 cm³/mol. The van der Waals surface area contributed by atoms with Gasteiger partial charge in [0.2, 0.25) is 12.1 Å². The molecule has 5 atom stereocenters. The van der Waals surface area contributed by atoms with Crippen LogP contribution in [-0.4, -0.2) is 86.6 Å². The van der Waals surface area contributed by atoms with Crippen molar-refractivity contribution in [3.05, 3.63) is 46.0 Å². The van der Waals surface area contributed by atoms with E-state index >= 15 is 0 Å². The first-order chi connectivity index (χ1) is 15.6. The number of ketones is 2. The summed E-state index contributed by atoms with van der Waals surface area (Å²) in [5.41, 5.74) is -1.21. The van der Waals surface area contributed by atoms with Gasteiger partial charge in [-0.2, -0.15) is 0 Å². The van der Waals surface area contributed by atoms with Crippen molar-refractivity contribution in [2.75, 3.05) is 13.7 Å². The van der Waals surface area contributed by atoms with Crippen molar-refractivity contribution in [3.63, 3.8) is 0 Å². The Morgan fingerprint density at radius 3 is 2.24 bits per heavy atom. The highest BCUT2D eigenvalue weighted by atomic mass is 16.7. The lowest BCUT2D eigenvalue weighted by Crippen LogP contribution is -2.60. The monoisotopic (exact) mass is 462 g/mol. The molecule has 1 aliphatic carbocycles. The third kappa shape index (κ3) is 3.33. The molecule has 11 heteroatoms. The minimum Gasteiger partial charge on any atom is -0.507 e. The average molecular weight is 462 g/mol. The molecule has 0 spiro atoms. The molecule has 11 nitrogen and oxygen atoms in total. The van der Waals surface area contributed by atoms with Gasteiger partial charge in [0.25, 0.3) is 0 Å². The van der Waals surface area contributed by atoms with E-state index in [-0.39, 0.29) is 22.4 Å². The number of carbonyl (C=O) groups is 2. The van der Waals surface area contributed by atoms with Crippen LogP contribution in [0.5, 0.6) is 23.0 Å². The fourth-order valence-electron chi connectivity index (χ4n) is 4.07. The van der Waals surface area contributed by atoms with E-state index in [2.05, 4.69) is 0 Å². The fourth-order valence-corrected chi connectivity index (χ4v) is 4.07. The molecule has 2 aliphatic rings. The van der Waals surface area contributed by atoms with Crippen LogP contribution in [0.4, 0.5) is 0 Å². The zero-order chi connectivity index (χ0) is 24.2. The fraction of sp³-hybridized carbons (Fsp3) is 0.364. The molecule has 1 heterocycles. The van der Waals surface area contributed by atoms with Crippen molar-refractivity contribution in [2.45, 2.75) is 37.6 Å². The first kappa shape index (κ1) is 23.0. The first-order valence-corrected chi connectivity index (χ1v) is 9.96. The maximum absolute atomic E-state index is 13.2. The molecule has 1 fully saturated rings. The van der Waals surface area contributed by atoms with Crippen molar-refractivity contribution < 1.29 is 54.4 Å². The maximum Gasteiger partial charge on any atom is 0.229 e. The maximum atomic E-state index is 13.2. The zero-order valence-corrected chi connectivity index (χ0v) is 17.6. The van der Waals surface area contributed by atoms with Gasteiger partial charge in [-0.25, -0.2) is 0 Å². The molecule has 0 aromatic heterocycles. The highest BCUT2D eigenvalue weighted by Gasteiger charge is 2.46. The molecular weight excluding hydrogens is 440 g/mol. The molecule has 0 bridgehead atoms. The minimum absolute atomic E-state index is 0.0517. The largest absolute Gasteiger partial charge is 0.507 e. The van der Waals surface area contributed by atoms with Crippen molar-refractivity contribution in [3.8, 4) is 23.0 Å². The van der Waals surface area contributed by atoms with Crippen molar-refractivity contribution in [1.29, 1.82) is 0 Å². The minimum atomic E-state index is -1.80. The summed E-state index contributed by atoms with van der Waals surface area (Å²) >= 11 is 0. The summed E-state index contributed by atoms with van der Waals surface area (Å²) in [5.74, 6) is -3.31. The van der Waals surface area contributed by atoms with Crippen LogP contribution < -0.4 is 9.47 Å². The van der Waals surface area contributed by atoms with Crippen molar-refractivity contribution in [1.82, 2.24) is 0 Å².